The van der Waals surface area contributed by atoms with Crippen LogP contribution in [0.3, 0.4) is 0 Å². The van der Waals surface area contributed by atoms with Crippen molar-refractivity contribution in [3.8, 4) is 17.2 Å². The lowest BCUT2D eigenvalue weighted by Gasteiger charge is -2.21. The fourth-order valence-electron chi connectivity index (χ4n) is 3.51. The van der Waals surface area contributed by atoms with Gasteiger partial charge in [-0.1, -0.05) is 56.4 Å². The van der Waals surface area contributed by atoms with E-state index in [9.17, 15) is 0 Å². The molecule has 0 atom stereocenters. The fraction of sp³-hybridized carbons (Fsp3) is 0.250. The SMILES string of the molecule is CC(C)(C)Oc1ccc(Sc2ccc(Oc3ccc(Sc4ccc(C(C)(C)C)cc4)cc3)cc2)cc1. The number of hydrogen-bond acceptors (Lipinski definition) is 4. The normalized spacial score (nSPS) is 11.8. The Labute approximate surface area is 224 Å². The van der Waals surface area contributed by atoms with E-state index in [-0.39, 0.29) is 11.0 Å². The molecular weight excluding hydrogens is 480 g/mol. The molecule has 0 aromatic heterocycles. The molecule has 0 amide bonds. The molecular formula is C32H34O2S2. The highest BCUT2D eigenvalue weighted by molar-refractivity contribution is 7.99. The van der Waals surface area contributed by atoms with Crippen molar-refractivity contribution in [3.05, 3.63) is 103 Å². The van der Waals surface area contributed by atoms with Crippen LogP contribution in [0.5, 0.6) is 17.2 Å². The van der Waals surface area contributed by atoms with Gasteiger partial charge in [-0.05, 0) is 117 Å². The molecule has 0 radical (unpaired) electrons. The molecule has 0 aliphatic carbocycles. The first-order chi connectivity index (χ1) is 17.0. The molecule has 0 spiro atoms. The molecule has 0 saturated carbocycles. The summed E-state index contributed by atoms with van der Waals surface area (Å²) in [6.07, 6.45) is 0. The van der Waals surface area contributed by atoms with E-state index in [2.05, 4.69) is 102 Å². The molecule has 4 aromatic carbocycles. The van der Waals surface area contributed by atoms with Crippen molar-refractivity contribution < 1.29 is 9.47 Å². The summed E-state index contributed by atoms with van der Waals surface area (Å²) >= 11 is 3.48. The second kappa shape index (κ2) is 11.1. The molecule has 0 aliphatic rings. The minimum Gasteiger partial charge on any atom is -0.488 e. The third-order valence-electron chi connectivity index (χ3n) is 5.32. The lowest BCUT2D eigenvalue weighted by atomic mass is 9.87. The highest BCUT2D eigenvalue weighted by Gasteiger charge is 2.13. The standard InChI is InChI=1S/C32H34O2S2/c1-31(2,3)23-7-15-27(16-8-23)35-28-17-9-24(10-18-28)33-25-11-19-29(20-12-25)36-30-21-13-26(14-22-30)34-32(4,5)6/h7-22H,1-6H3. The fourth-order valence-corrected chi connectivity index (χ4v) is 5.14. The van der Waals surface area contributed by atoms with E-state index in [1.165, 1.54) is 20.2 Å². The summed E-state index contributed by atoms with van der Waals surface area (Å²) in [4.78, 5) is 4.76. The highest BCUT2D eigenvalue weighted by Crippen LogP contribution is 2.34. The molecule has 0 heterocycles. The highest BCUT2D eigenvalue weighted by atomic mass is 32.2. The van der Waals surface area contributed by atoms with Crippen molar-refractivity contribution in [1.29, 1.82) is 0 Å². The molecule has 186 valence electrons. The Kier molecular flexibility index (Phi) is 8.07. The molecule has 0 fully saturated rings. The van der Waals surface area contributed by atoms with E-state index in [4.69, 9.17) is 9.47 Å². The zero-order chi connectivity index (χ0) is 25.8. The van der Waals surface area contributed by atoms with Gasteiger partial charge >= 0.3 is 0 Å². The zero-order valence-electron chi connectivity index (χ0n) is 21.9. The van der Waals surface area contributed by atoms with Gasteiger partial charge in [0.25, 0.3) is 0 Å². The maximum Gasteiger partial charge on any atom is 0.127 e. The van der Waals surface area contributed by atoms with Crippen LogP contribution in [0.25, 0.3) is 0 Å². The quantitative estimate of drug-likeness (QED) is 0.244. The predicted molar refractivity (Wildman–Crippen MR) is 153 cm³/mol. The van der Waals surface area contributed by atoms with Crippen molar-refractivity contribution in [3.63, 3.8) is 0 Å². The molecule has 0 bridgehead atoms. The van der Waals surface area contributed by atoms with Crippen molar-refractivity contribution in [2.24, 2.45) is 0 Å². The number of ether oxygens (including phenoxy) is 2. The third-order valence-corrected chi connectivity index (χ3v) is 7.35. The minimum absolute atomic E-state index is 0.173. The molecule has 0 saturated heterocycles. The van der Waals surface area contributed by atoms with Gasteiger partial charge in [0.1, 0.15) is 22.8 Å². The van der Waals surface area contributed by atoms with E-state index in [0.29, 0.717) is 0 Å². The molecule has 4 rings (SSSR count). The van der Waals surface area contributed by atoms with Crippen LogP contribution in [0.2, 0.25) is 0 Å². The Bertz CT molecular complexity index is 1250. The molecule has 0 unspecified atom stereocenters. The molecule has 2 nitrogen and oxygen atoms in total. The van der Waals surface area contributed by atoms with Crippen LogP contribution in [-0.2, 0) is 5.41 Å². The van der Waals surface area contributed by atoms with Crippen molar-refractivity contribution in [2.75, 3.05) is 0 Å². The molecule has 4 heteroatoms. The Hall–Kier alpha value is -2.82. The molecule has 4 aromatic rings. The summed E-state index contributed by atoms with van der Waals surface area (Å²) in [5.41, 5.74) is 1.33. The lowest BCUT2D eigenvalue weighted by molar-refractivity contribution is 0.131. The van der Waals surface area contributed by atoms with E-state index in [0.717, 1.165) is 22.1 Å². The Balaban J connectivity index is 1.31. The van der Waals surface area contributed by atoms with Gasteiger partial charge in [-0.25, -0.2) is 0 Å². The smallest absolute Gasteiger partial charge is 0.127 e. The topological polar surface area (TPSA) is 18.5 Å². The van der Waals surface area contributed by atoms with Gasteiger partial charge in [-0.2, -0.15) is 0 Å². The van der Waals surface area contributed by atoms with Crippen LogP contribution >= 0.6 is 23.5 Å². The van der Waals surface area contributed by atoms with Crippen LogP contribution in [0.4, 0.5) is 0 Å². The number of rotatable bonds is 7. The third kappa shape index (κ3) is 7.84. The summed E-state index contributed by atoms with van der Waals surface area (Å²) < 4.78 is 12.0. The van der Waals surface area contributed by atoms with Gasteiger partial charge in [0, 0.05) is 19.6 Å². The maximum absolute atomic E-state index is 6.07. The molecule has 36 heavy (non-hydrogen) atoms. The van der Waals surface area contributed by atoms with Gasteiger partial charge in [-0.15, -0.1) is 0 Å². The van der Waals surface area contributed by atoms with Crippen molar-refractivity contribution >= 4 is 23.5 Å². The Morgan fingerprint density at radius 2 is 0.778 bits per heavy atom. The Morgan fingerprint density at radius 3 is 1.11 bits per heavy atom. The first kappa shape index (κ1) is 26.2. The summed E-state index contributed by atoms with van der Waals surface area (Å²) in [5.74, 6) is 2.54. The van der Waals surface area contributed by atoms with Gasteiger partial charge in [-0.3, -0.25) is 0 Å². The van der Waals surface area contributed by atoms with E-state index >= 15 is 0 Å². The van der Waals surface area contributed by atoms with Crippen molar-refractivity contribution in [2.45, 2.75) is 72.1 Å². The average molecular weight is 515 g/mol. The Morgan fingerprint density at radius 1 is 0.444 bits per heavy atom. The first-order valence-corrected chi connectivity index (χ1v) is 13.8. The van der Waals surface area contributed by atoms with E-state index in [1.807, 2.05) is 36.4 Å². The van der Waals surface area contributed by atoms with Crippen LogP contribution < -0.4 is 9.47 Å². The number of benzene rings is 4. The summed E-state index contributed by atoms with van der Waals surface area (Å²) in [6, 6.07) is 33.5. The van der Waals surface area contributed by atoms with Crippen LogP contribution in [-0.4, -0.2) is 5.60 Å². The van der Waals surface area contributed by atoms with E-state index in [1.54, 1.807) is 23.5 Å². The minimum atomic E-state index is -0.192. The second-order valence-electron chi connectivity index (χ2n) is 10.7. The van der Waals surface area contributed by atoms with E-state index < -0.39 is 0 Å². The summed E-state index contributed by atoms with van der Waals surface area (Å²) in [5, 5.41) is 0. The predicted octanol–water partition coefficient (Wildman–Crippen LogP) is 10.3. The second-order valence-corrected chi connectivity index (χ2v) is 13.0. The molecule has 0 aliphatic heterocycles. The summed E-state index contributed by atoms with van der Waals surface area (Å²) in [7, 11) is 0. The number of hydrogen-bond donors (Lipinski definition) is 0. The first-order valence-electron chi connectivity index (χ1n) is 12.2. The maximum atomic E-state index is 6.07. The van der Waals surface area contributed by atoms with Gasteiger partial charge in [0.2, 0.25) is 0 Å². The largest absolute Gasteiger partial charge is 0.488 e. The lowest BCUT2D eigenvalue weighted by Crippen LogP contribution is -2.22. The molecule has 0 N–H and O–H groups in total. The average Bonchev–Trinajstić information content (AvgIpc) is 2.82. The van der Waals surface area contributed by atoms with Crippen LogP contribution in [0.1, 0.15) is 47.1 Å². The van der Waals surface area contributed by atoms with Gasteiger partial charge < -0.3 is 9.47 Å². The monoisotopic (exact) mass is 514 g/mol. The van der Waals surface area contributed by atoms with Crippen LogP contribution in [0, 0.1) is 0 Å². The zero-order valence-corrected chi connectivity index (χ0v) is 23.5. The van der Waals surface area contributed by atoms with Gasteiger partial charge in [0.15, 0.2) is 0 Å². The van der Waals surface area contributed by atoms with Gasteiger partial charge in [0.05, 0.1) is 0 Å². The van der Waals surface area contributed by atoms with Crippen LogP contribution in [0.15, 0.2) is 117 Å². The van der Waals surface area contributed by atoms with Crippen molar-refractivity contribution in [1.82, 2.24) is 0 Å². The summed E-state index contributed by atoms with van der Waals surface area (Å²) in [6.45, 7) is 12.9.